The average molecular weight is 327 g/mol. The number of benzene rings is 3. The van der Waals surface area contributed by atoms with E-state index in [0.717, 1.165) is 28.1 Å². The summed E-state index contributed by atoms with van der Waals surface area (Å²) in [4.78, 5) is 4.47. The summed E-state index contributed by atoms with van der Waals surface area (Å²) in [5.41, 5.74) is 11.2. The number of aliphatic imine (C=N–C) groups is 1. The van der Waals surface area contributed by atoms with Crippen LogP contribution in [0, 0.1) is 6.92 Å². The van der Waals surface area contributed by atoms with Crippen molar-refractivity contribution in [3.05, 3.63) is 95.6 Å². The minimum atomic E-state index is 0.370. The van der Waals surface area contributed by atoms with Crippen molar-refractivity contribution in [1.29, 1.82) is 0 Å². The van der Waals surface area contributed by atoms with Crippen LogP contribution in [0.25, 0.3) is 12.2 Å². The number of aryl methyl sites for hydroxylation is 1. The van der Waals surface area contributed by atoms with Crippen LogP contribution in [0.5, 0.6) is 0 Å². The molecule has 3 heteroatoms. The molecule has 3 N–H and O–H groups in total. The van der Waals surface area contributed by atoms with Crippen molar-refractivity contribution in [1.82, 2.24) is 0 Å². The largest absolute Gasteiger partial charge is 0.369 e. The standard InChI is InChI=1S/C22H21N3/c1-17-9-5-7-13-20(17)24-22(23)25-21-14-8-6-12-19(21)16-15-18-10-3-2-4-11-18/h2-16H,1H3,(H3,23,24,25)/b16-15+. The molecule has 3 nitrogen and oxygen atoms in total. The topological polar surface area (TPSA) is 50.4 Å². The summed E-state index contributed by atoms with van der Waals surface area (Å²) in [6.45, 7) is 2.02. The number of nitrogens with one attached hydrogen (secondary N) is 1. The van der Waals surface area contributed by atoms with Gasteiger partial charge in [-0.25, -0.2) is 4.99 Å². The summed E-state index contributed by atoms with van der Waals surface area (Å²) in [7, 11) is 0. The van der Waals surface area contributed by atoms with Crippen molar-refractivity contribution in [3.63, 3.8) is 0 Å². The molecule has 0 aromatic heterocycles. The smallest absolute Gasteiger partial charge is 0.198 e. The van der Waals surface area contributed by atoms with Crippen molar-refractivity contribution in [3.8, 4) is 0 Å². The summed E-state index contributed by atoms with van der Waals surface area (Å²) in [5, 5.41) is 3.20. The fourth-order valence-electron chi connectivity index (χ4n) is 2.49. The van der Waals surface area contributed by atoms with Crippen LogP contribution in [-0.2, 0) is 0 Å². The molecule has 0 unspecified atom stereocenters. The number of para-hydroxylation sites is 2. The van der Waals surface area contributed by atoms with Crippen LogP contribution in [0.4, 0.5) is 11.4 Å². The molecular formula is C22H21N3. The summed E-state index contributed by atoms with van der Waals surface area (Å²) >= 11 is 0. The van der Waals surface area contributed by atoms with E-state index in [9.17, 15) is 0 Å². The zero-order chi connectivity index (χ0) is 17.5. The van der Waals surface area contributed by atoms with Crippen LogP contribution >= 0.6 is 0 Å². The maximum absolute atomic E-state index is 6.10. The molecular weight excluding hydrogens is 306 g/mol. The Morgan fingerprint density at radius 1 is 0.840 bits per heavy atom. The summed E-state index contributed by atoms with van der Waals surface area (Å²) in [6.07, 6.45) is 4.15. The third-order valence-electron chi connectivity index (χ3n) is 3.83. The van der Waals surface area contributed by atoms with E-state index in [0.29, 0.717) is 5.96 Å². The van der Waals surface area contributed by atoms with Gasteiger partial charge in [0.2, 0.25) is 0 Å². The normalized spacial score (nSPS) is 11.6. The SMILES string of the molecule is Cc1ccccc1N=C(N)Nc1ccccc1/C=C/c1ccccc1. The Morgan fingerprint density at radius 3 is 2.32 bits per heavy atom. The number of hydrogen-bond donors (Lipinski definition) is 2. The zero-order valence-corrected chi connectivity index (χ0v) is 14.2. The molecule has 3 rings (SSSR count). The first-order chi connectivity index (χ1) is 12.2. The Hall–Kier alpha value is -3.33. The molecule has 0 saturated heterocycles. The second-order valence-electron chi connectivity index (χ2n) is 5.74. The monoisotopic (exact) mass is 327 g/mol. The third-order valence-corrected chi connectivity index (χ3v) is 3.83. The number of rotatable bonds is 4. The van der Waals surface area contributed by atoms with Crippen LogP contribution in [0.3, 0.4) is 0 Å². The molecule has 0 amide bonds. The first-order valence-electron chi connectivity index (χ1n) is 8.21. The van der Waals surface area contributed by atoms with E-state index in [1.807, 2.05) is 73.7 Å². The molecule has 3 aromatic rings. The Morgan fingerprint density at radius 2 is 1.52 bits per heavy atom. The number of guanidine groups is 1. The number of nitrogens with zero attached hydrogens (tertiary/aromatic N) is 1. The summed E-state index contributed by atoms with van der Waals surface area (Å²) in [6, 6.07) is 26.1. The molecule has 0 aliphatic heterocycles. The molecule has 0 aliphatic rings. The summed E-state index contributed by atoms with van der Waals surface area (Å²) in [5.74, 6) is 0.370. The number of nitrogens with two attached hydrogens (primary N) is 1. The van der Waals surface area contributed by atoms with E-state index in [4.69, 9.17) is 5.73 Å². The van der Waals surface area contributed by atoms with Crippen LogP contribution in [0.15, 0.2) is 83.9 Å². The maximum atomic E-state index is 6.10. The van der Waals surface area contributed by atoms with Crippen molar-refractivity contribution >= 4 is 29.5 Å². The highest BCUT2D eigenvalue weighted by atomic mass is 15.1. The van der Waals surface area contributed by atoms with Gasteiger partial charge in [0.15, 0.2) is 5.96 Å². The predicted molar refractivity (Wildman–Crippen MR) is 108 cm³/mol. The van der Waals surface area contributed by atoms with Crippen molar-refractivity contribution in [2.45, 2.75) is 6.92 Å². The van der Waals surface area contributed by atoms with Gasteiger partial charge in [-0.15, -0.1) is 0 Å². The zero-order valence-electron chi connectivity index (χ0n) is 14.2. The van der Waals surface area contributed by atoms with Crippen LogP contribution in [0.2, 0.25) is 0 Å². The lowest BCUT2D eigenvalue weighted by Gasteiger charge is -2.09. The van der Waals surface area contributed by atoms with Gasteiger partial charge >= 0.3 is 0 Å². The highest BCUT2D eigenvalue weighted by Crippen LogP contribution is 2.20. The van der Waals surface area contributed by atoms with E-state index >= 15 is 0 Å². The fourth-order valence-corrected chi connectivity index (χ4v) is 2.49. The second-order valence-corrected chi connectivity index (χ2v) is 5.74. The molecule has 0 aliphatic carbocycles. The van der Waals surface area contributed by atoms with Gasteiger partial charge in [-0.1, -0.05) is 78.9 Å². The van der Waals surface area contributed by atoms with Crippen molar-refractivity contribution in [2.75, 3.05) is 5.32 Å². The molecule has 0 spiro atoms. The van der Waals surface area contributed by atoms with Crippen molar-refractivity contribution < 1.29 is 0 Å². The van der Waals surface area contributed by atoms with Gasteiger partial charge in [0.05, 0.1) is 5.69 Å². The van der Waals surface area contributed by atoms with Gasteiger partial charge in [0, 0.05) is 5.69 Å². The molecule has 0 fully saturated rings. The van der Waals surface area contributed by atoms with E-state index in [-0.39, 0.29) is 0 Å². The Balaban J connectivity index is 1.81. The van der Waals surface area contributed by atoms with Gasteiger partial charge in [-0.05, 0) is 35.7 Å². The van der Waals surface area contributed by atoms with Crippen LogP contribution < -0.4 is 11.1 Å². The van der Waals surface area contributed by atoms with Crippen molar-refractivity contribution in [2.24, 2.45) is 10.7 Å². The lowest BCUT2D eigenvalue weighted by atomic mass is 10.1. The third kappa shape index (κ3) is 4.58. The van der Waals surface area contributed by atoms with Crippen LogP contribution in [-0.4, -0.2) is 5.96 Å². The molecule has 0 bridgehead atoms. The minimum Gasteiger partial charge on any atom is -0.369 e. The molecule has 0 radical (unpaired) electrons. The van der Waals surface area contributed by atoms with E-state index < -0.39 is 0 Å². The lowest BCUT2D eigenvalue weighted by molar-refractivity contribution is 1.37. The molecule has 0 heterocycles. The first-order valence-corrected chi connectivity index (χ1v) is 8.21. The van der Waals surface area contributed by atoms with Gasteiger partial charge < -0.3 is 11.1 Å². The van der Waals surface area contributed by atoms with Gasteiger partial charge in [0.1, 0.15) is 0 Å². The maximum Gasteiger partial charge on any atom is 0.198 e. The first kappa shape index (κ1) is 16.5. The second kappa shape index (κ2) is 7.97. The lowest BCUT2D eigenvalue weighted by Crippen LogP contribution is -2.22. The fraction of sp³-hybridized carbons (Fsp3) is 0.0455. The van der Waals surface area contributed by atoms with Gasteiger partial charge in [0.25, 0.3) is 0 Å². The molecule has 0 atom stereocenters. The number of hydrogen-bond acceptors (Lipinski definition) is 1. The summed E-state index contributed by atoms with van der Waals surface area (Å²) < 4.78 is 0. The average Bonchev–Trinajstić information content (AvgIpc) is 2.64. The highest BCUT2D eigenvalue weighted by molar-refractivity contribution is 5.96. The molecule has 3 aromatic carbocycles. The molecule has 124 valence electrons. The Kier molecular flexibility index (Phi) is 5.27. The van der Waals surface area contributed by atoms with E-state index in [1.165, 1.54) is 0 Å². The predicted octanol–water partition coefficient (Wildman–Crippen LogP) is 5.22. The van der Waals surface area contributed by atoms with E-state index in [1.54, 1.807) is 0 Å². The Bertz CT molecular complexity index is 896. The highest BCUT2D eigenvalue weighted by Gasteiger charge is 2.01. The van der Waals surface area contributed by atoms with E-state index in [2.05, 4.69) is 34.6 Å². The number of anilines is 1. The molecule has 0 saturated carbocycles. The van der Waals surface area contributed by atoms with Gasteiger partial charge in [-0.3, -0.25) is 0 Å². The quantitative estimate of drug-likeness (QED) is 0.392. The molecule has 25 heavy (non-hydrogen) atoms. The minimum absolute atomic E-state index is 0.370. The van der Waals surface area contributed by atoms with Gasteiger partial charge in [-0.2, -0.15) is 0 Å². The van der Waals surface area contributed by atoms with Crippen LogP contribution in [0.1, 0.15) is 16.7 Å². The Labute approximate surface area is 148 Å².